The van der Waals surface area contributed by atoms with E-state index in [4.69, 9.17) is 10.8 Å². The maximum absolute atomic E-state index is 10.1. The van der Waals surface area contributed by atoms with Crippen LogP contribution in [0.1, 0.15) is 12.1 Å². The molecule has 0 aliphatic rings. The van der Waals surface area contributed by atoms with Crippen LogP contribution in [-0.4, -0.2) is 16.1 Å². The van der Waals surface area contributed by atoms with E-state index in [0.29, 0.717) is 11.5 Å². The molecule has 0 unspecified atom stereocenters. The molecule has 13 heavy (non-hydrogen) atoms. The molecule has 1 heterocycles. The maximum atomic E-state index is 10.1. The molecule has 0 bridgehead atoms. The molecule has 0 saturated heterocycles. The average molecular weight is 176 g/mol. The minimum atomic E-state index is -0.948. The zero-order valence-corrected chi connectivity index (χ0v) is 6.82. The van der Waals surface area contributed by atoms with Gasteiger partial charge in [0.25, 0.3) is 0 Å². The molecule has 0 saturated carbocycles. The number of aliphatic carboxylic acids is 1. The van der Waals surface area contributed by atoms with Crippen molar-refractivity contribution in [1.82, 2.24) is 4.98 Å². The van der Waals surface area contributed by atoms with Gasteiger partial charge in [-0.25, -0.2) is 4.98 Å². The van der Waals surface area contributed by atoms with Gasteiger partial charge in [-0.05, 0) is 18.1 Å². The lowest BCUT2D eigenvalue weighted by Crippen LogP contribution is -1.92. The molecule has 66 valence electrons. The third kappa shape index (κ3) is 3.25. The number of carboxylic acids is 1. The van der Waals surface area contributed by atoms with Crippen LogP contribution in [0.25, 0.3) is 0 Å². The van der Waals surface area contributed by atoms with E-state index in [1.54, 1.807) is 18.2 Å². The highest BCUT2D eigenvalue weighted by atomic mass is 16.4. The van der Waals surface area contributed by atoms with Crippen LogP contribution < -0.4 is 5.73 Å². The van der Waals surface area contributed by atoms with Gasteiger partial charge in [0.15, 0.2) is 0 Å². The number of hydrogen-bond acceptors (Lipinski definition) is 3. The summed E-state index contributed by atoms with van der Waals surface area (Å²) in [4.78, 5) is 14.0. The number of pyridine rings is 1. The van der Waals surface area contributed by atoms with Crippen LogP contribution in [0.5, 0.6) is 0 Å². The summed E-state index contributed by atoms with van der Waals surface area (Å²) < 4.78 is 0. The van der Waals surface area contributed by atoms with Gasteiger partial charge >= 0.3 is 5.97 Å². The molecule has 0 atom stereocenters. The van der Waals surface area contributed by atoms with E-state index in [0.717, 1.165) is 0 Å². The number of nitrogens with zero attached hydrogens (tertiary/aromatic N) is 1. The van der Waals surface area contributed by atoms with Gasteiger partial charge in [0.05, 0.1) is 0 Å². The normalized spacial score (nSPS) is 8.62. The summed E-state index contributed by atoms with van der Waals surface area (Å²) in [6, 6.07) is 5.03. The molecule has 4 nitrogen and oxygen atoms in total. The predicted molar refractivity (Wildman–Crippen MR) is 47.8 cm³/mol. The predicted octanol–water partition coefficient (Wildman–Crippen LogP) is 0.490. The lowest BCUT2D eigenvalue weighted by Gasteiger charge is -1.90. The van der Waals surface area contributed by atoms with Gasteiger partial charge in [-0.3, -0.25) is 4.79 Å². The molecule has 0 aliphatic heterocycles. The van der Waals surface area contributed by atoms with Crippen molar-refractivity contribution < 1.29 is 9.90 Å². The summed E-state index contributed by atoms with van der Waals surface area (Å²) in [5.41, 5.74) is 5.88. The number of nitrogens with two attached hydrogens (primary N) is 1. The summed E-state index contributed by atoms with van der Waals surface area (Å²) in [6.45, 7) is 0. The van der Waals surface area contributed by atoms with Gasteiger partial charge in [0.1, 0.15) is 17.9 Å². The van der Waals surface area contributed by atoms with Gasteiger partial charge in [0, 0.05) is 0 Å². The van der Waals surface area contributed by atoms with E-state index in [1.165, 1.54) is 0 Å². The Kier molecular flexibility index (Phi) is 2.87. The fourth-order valence-corrected chi connectivity index (χ4v) is 0.731. The molecule has 1 aromatic heterocycles. The molecule has 3 N–H and O–H groups in total. The van der Waals surface area contributed by atoms with Crippen molar-refractivity contribution >= 4 is 11.8 Å². The SMILES string of the molecule is Nc1cccc(C#CCC(=O)O)n1. The van der Waals surface area contributed by atoms with Gasteiger partial charge < -0.3 is 10.8 Å². The molecule has 0 fully saturated rings. The molecule has 0 aromatic carbocycles. The van der Waals surface area contributed by atoms with E-state index in [9.17, 15) is 4.79 Å². The first kappa shape index (κ1) is 9.07. The molecule has 0 spiro atoms. The van der Waals surface area contributed by atoms with Crippen molar-refractivity contribution in [1.29, 1.82) is 0 Å². The Morgan fingerprint density at radius 3 is 3.00 bits per heavy atom. The highest BCUT2D eigenvalue weighted by Crippen LogP contribution is 1.97. The van der Waals surface area contributed by atoms with Crippen LogP contribution in [0.15, 0.2) is 18.2 Å². The lowest BCUT2D eigenvalue weighted by atomic mass is 10.3. The number of aromatic nitrogens is 1. The number of carbonyl (C=O) groups is 1. The van der Waals surface area contributed by atoms with Crippen molar-refractivity contribution in [2.75, 3.05) is 5.73 Å². The largest absolute Gasteiger partial charge is 0.481 e. The molecular formula is C9H8N2O2. The van der Waals surface area contributed by atoms with E-state index < -0.39 is 5.97 Å². The Morgan fingerprint density at radius 2 is 2.38 bits per heavy atom. The quantitative estimate of drug-likeness (QED) is 0.610. The van der Waals surface area contributed by atoms with Gasteiger partial charge in [-0.1, -0.05) is 12.0 Å². The first-order valence-electron chi connectivity index (χ1n) is 3.61. The van der Waals surface area contributed by atoms with Crippen LogP contribution in [0.2, 0.25) is 0 Å². The molecule has 0 amide bonds. The van der Waals surface area contributed by atoms with E-state index in [2.05, 4.69) is 16.8 Å². The van der Waals surface area contributed by atoms with Crippen LogP contribution >= 0.6 is 0 Å². The second-order valence-electron chi connectivity index (χ2n) is 2.32. The summed E-state index contributed by atoms with van der Waals surface area (Å²) in [7, 11) is 0. The minimum Gasteiger partial charge on any atom is -0.481 e. The average Bonchev–Trinajstić information content (AvgIpc) is 2.03. The highest BCUT2D eigenvalue weighted by molar-refractivity contribution is 5.70. The zero-order valence-electron chi connectivity index (χ0n) is 6.82. The summed E-state index contributed by atoms with van der Waals surface area (Å²) in [5.74, 6) is 4.48. The number of nitrogen functional groups attached to an aromatic ring is 1. The monoisotopic (exact) mass is 176 g/mol. The van der Waals surface area contributed by atoms with Crippen molar-refractivity contribution in [3.05, 3.63) is 23.9 Å². The van der Waals surface area contributed by atoms with E-state index in [-0.39, 0.29) is 6.42 Å². The topological polar surface area (TPSA) is 76.2 Å². The molecule has 1 aromatic rings. The third-order valence-corrected chi connectivity index (χ3v) is 1.23. The third-order valence-electron chi connectivity index (χ3n) is 1.23. The Bertz CT molecular complexity index is 377. The van der Waals surface area contributed by atoms with Crippen molar-refractivity contribution in [3.8, 4) is 11.8 Å². The fraction of sp³-hybridized carbons (Fsp3) is 0.111. The smallest absolute Gasteiger partial charge is 0.315 e. The molecular weight excluding hydrogens is 168 g/mol. The highest BCUT2D eigenvalue weighted by Gasteiger charge is 1.91. The van der Waals surface area contributed by atoms with Crippen molar-refractivity contribution in [2.24, 2.45) is 0 Å². The summed E-state index contributed by atoms with van der Waals surface area (Å²) in [5, 5.41) is 8.30. The Labute approximate surface area is 75.4 Å². The second kappa shape index (κ2) is 4.12. The summed E-state index contributed by atoms with van der Waals surface area (Å²) in [6.07, 6.45) is -0.184. The second-order valence-corrected chi connectivity index (χ2v) is 2.32. The van der Waals surface area contributed by atoms with Crippen molar-refractivity contribution in [2.45, 2.75) is 6.42 Å². The number of anilines is 1. The van der Waals surface area contributed by atoms with Crippen LogP contribution in [0.3, 0.4) is 0 Å². The van der Waals surface area contributed by atoms with Gasteiger partial charge in [-0.2, -0.15) is 0 Å². The molecule has 4 heteroatoms. The fourth-order valence-electron chi connectivity index (χ4n) is 0.731. The number of rotatable bonds is 1. The Balaban J connectivity index is 2.72. The van der Waals surface area contributed by atoms with Gasteiger partial charge in [0.2, 0.25) is 0 Å². The van der Waals surface area contributed by atoms with Crippen molar-refractivity contribution in [3.63, 3.8) is 0 Å². The minimum absolute atomic E-state index is 0.184. The maximum Gasteiger partial charge on any atom is 0.315 e. The first-order chi connectivity index (χ1) is 6.18. The molecule has 0 aliphatic carbocycles. The van der Waals surface area contributed by atoms with Crippen LogP contribution in [0, 0.1) is 11.8 Å². The standard InChI is InChI=1S/C9H8N2O2/c10-8-5-1-3-7(11-8)4-2-6-9(12)13/h1,3,5H,6H2,(H2,10,11)(H,12,13). The van der Waals surface area contributed by atoms with Crippen LogP contribution in [-0.2, 0) is 4.79 Å². The first-order valence-corrected chi connectivity index (χ1v) is 3.61. The zero-order chi connectivity index (χ0) is 9.68. The summed E-state index contributed by atoms with van der Waals surface area (Å²) >= 11 is 0. The van der Waals surface area contributed by atoms with E-state index in [1.807, 2.05) is 0 Å². The molecule has 1 rings (SSSR count). The number of carboxylic acid groups (broad SMARTS) is 1. The number of hydrogen-bond donors (Lipinski definition) is 2. The Hall–Kier alpha value is -2.02. The van der Waals surface area contributed by atoms with Crippen LogP contribution in [0.4, 0.5) is 5.82 Å². The lowest BCUT2D eigenvalue weighted by molar-refractivity contribution is -0.135. The van der Waals surface area contributed by atoms with Gasteiger partial charge in [-0.15, -0.1) is 0 Å². The molecule has 0 radical (unpaired) electrons. The Morgan fingerprint density at radius 1 is 1.62 bits per heavy atom. The van der Waals surface area contributed by atoms with E-state index >= 15 is 0 Å².